The van der Waals surface area contributed by atoms with E-state index < -0.39 is 10.0 Å². The number of hydrogen-bond donors (Lipinski definition) is 1. The van der Waals surface area contributed by atoms with Gasteiger partial charge in [0.15, 0.2) is 0 Å². The number of benzene rings is 1. The highest BCUT2D eigenvalue weighted by molar-refractivity contribution is 7.89. The lowest BCUT2D eigenvalue weighted by Crippen LogP contribution is -2.54. The molecule has 0 unspecified atom stereocenters. The molecule has 1 aliphatic carbocycles. The summed E-state index contributed by atoms with van der Waals surface area (Å²) in [4.78, 5) is 0.362. The zero-order valence-electron chi connectivity index (χ0n) is 11.5. The maximum Gasteiger partial charge on any atom is 0.243 e. The van der Waals surface area contributed by atoms with Crippen LogP contribution in [0.15, 0.2) is 35.2 Å². The fourth-order valence-corrected chi connectivity index (χ4v) is 5.35. The lowest BCUT2D eigenvalue weighted by molar-refractivity contribution is -0.00299. The van der Waals surface area contributed by atoms with E-state index in [1.165, 1.54) is 0 Å². The first-order chi connectivity index (χ1) is 9.60. The van der Waals surface area contributed by atoms with Crippen molar-refractivity contribution in [1.29, 1.82) is 0 Å². The largest absolute Gasteiger partial charge is 0.393 e. The number of piperidine rings is 1. The molecule has 0 bridgehead atoms. The Kier molecular flexibility index (Phi) is 3.84. The van der Waals surface area contributed by atoms with E-state index >= 15 is 0 Å². The Morgan fingerprint density at radius 3 is 2.50 bits per heavy atom. The van der Waals surface area contributed by atoms with Crippen molar-refractivity contribution in [3.63, 3.8) is 0 Å². The molecule has 1 N–H and O–H groups in total. The third-order valence-electron chi connectivity index (χ3n) is 4.64. The van der Waals surface area contributed by atoms with Crippen molar-refractivity contribution in [3.8, 4) is 0 Å². The van der Waals surface area contributed by atoms with Crippen molar-refractivity contribution in [1.82, 2.24) is 4.31 Å². The highest BCUT2D eigenvalue weighted by atomic mass is 32.2. The maximum atomic E-state index is 12.8. The van der Waals surface area contributed by atoms with Crippen LogP contribution in [0.5, 0.6) is 0 Å². The van der Waals surface area contributed by atoms with E-state index in [4.69, 9.17) is 0 Å². The molecule has 0 spiro atoms. The third kappa shape index (κ3) is 2.38. The number of aliphatic hydroxyl groups excluding tert-OH is 1. The molecule has 0 radical (unpaired) electrons. The van der Waals surface area contributed by atoms with Crippen LogP contribution in [-0.2, 0) is 10.0 Å². The Morgan fingerprint density at radius 2 is 1.75 bits per heavy atom. The molecule has 2 fully saturated rings. The molecule has 1 saturated carbocycles. The van der Waals surface area contributed by atoms with Crippen molar-refractivity contribution in [2.24, 2.45) is 5.92 Å². The van der Waals surface area contributed by atoms with E-state index in [0.29, 0.717) is 17.9 Å². The van der Waals surface area contributed by atoms with Gasteiger partial charge in [-0.05, 0) is 31.4 Å². The molecule has 3 rings (SSSR count). The lowest BCUT2D eigenvalue weighted by atomic mass is 9.78. The Labute approximate surface area is 120 Å². The molecule has 1 aliphatic heterocycles. The van der Waals surface area contributed by atoms with Gasteiger partial charge in [0, 0.05) is 18.5 Å². The summed E-state index contributed by atoms with van der Waals surface area (Å²) in [6.07, 6.45) is 4.15. The highest BCUT2D eigenvalue weighted by Gasteiger charge is 2.43. The second-order valence-corrected chi connectivity index (χ2v) is 7.69. The van der Waals surface area contributed by atoms with Gasteiger partial charge >= 0.3 is 0 Å². The minimum atomic E-state index is -3.43. The smallest absolute Gasteiger partial charge is 0.243 e. The van der Waals surface area contributed by atoms with Gasteiger partial charge in [0.1, 0.15) is 0 Å². The average molecular weight is 295 g/mol. The van der Waals surface area contributed by atoms with Gasteiger partial charge in [-0.3, -0.25) is 0 Å². The summed E-state index contributed by atoms with van der Waals surface area (Å²) >= 11 is 0. The van der Waals surface area contributed by atoms with Crippen LogP contribution in [0.1, 0.15) is 32.1 Å². The molecule has 2 aliphatic rings. The van der Waals surface area contributed by atoms with Gasteiger partial charge in [-0.15, -0.1) is 0 Å². The molecular formula is C15H21NO3S. The van der Waals surface area contributed by atoms with Gasteiger partial charge in [-0.1, -0.05) is 31.0 Å². The van der Waals surface area contributed by atoms with Gasteiger partial charge in [0.05, 0.1) is 11.0 Å². The molecule has 5 heteroatoms. The molecule has 110 valence electrons. The Morgan fingerprint density at radius 1 is 1.05 bits per heavy atom. The highest BCUT2D eigenvalue weighted by Crippen LogP contribution is 2.38. The quantitative estimate of drug-likeness (QED) is 0.908. The first kappa shape index (κ1) is 14.0. The second kappa shape index (κ2) is 5.47. The van der Waals surface area contributed by atoms with Crippen molar-refractivity contribution in [2.75, 3.05) is 6.54 Å². The molecule has 1 aromatic carbocycles. The van der Waals surface area contributed by atoms with Crippen molar-refractivity contribution < 1.29 is 13.5 Å². The molecule has 20 heavy (non-hydrogen) atoms. The normalized spacial score (nSPS) is 31.8. The zero-order chi connectivity index (χ0) is 14.2. The molecule has 4 nitrogen and oxygen atoms in total. The standard InChI is InChI=1S/C15H21NO3S/c17-15-10-11-16(14-9-5-4-8-13(14)15)20(18,19)12-6-2-1-3-7-12/h1-3,6-7,13-15,17H,4-5,8-11H2/t13-,14+,15-/m0/s1. The van der Waals surface area contributed by atoms with Crippen LogP contribution in [0.2, 0.25) is 0 Å². The van der Waals surface area contributed by atoms with Crippen LogP contribution in [0.3, 0.4) is 0 Å². The lowest BCUT2D eigenvalue weighted by Gasteiger charge is -2.45. The fraction of sp³-hybridized carbons (Fsp3) is 0.600. The number of aliphatic hydroxyl groups is 1. The van der Waals surface area contributed by atoms with Crippen LogP contribution in [0, 0.1) is 5.92 Å². The Bertz CT molecular complexity index is 558. The SMILES string of the molecule is O=S(=O)(c1ccccc1)N1CC[C@H](O)[C@H]2CCCC[C@H]21. The Hall–Kier alpha value is -0.910. The predicted molar refractivity (Wildman–Crippen MR) is 76.7 cm³/mol. The molecule has 3 atom stereocenters. The summed E-state index contributed by atoms with van der Waals surface area (Å²) in [6.45, 7) is 0.430. The monoisotopic (exact) mass is 295 g/mol. The van der Waals surface area contributed by atoms with E-state index in [2.05, 4.69) is 0 Å². The molecule has 1 aromatic rings. The van der Waals surface area contributed by atoms with Crippen LogP contribution < -0.4 is 0 Å². The van der Waals surface area contributed by atoms with E-state index in [9.17, 15) is 13.5 Å². The number of sulfonamides is 1. The number of nitrogens with zero attached hydrogens (tertiary/aromatic N) is 1. The summed E-state index contributed by atoms with van der Waals surface area (Å²) in [5, 5.41) is 10.1. The first-order valence-corrected chi connectivity index (χ1v) is 8.79. The summed E-state index contributed by atoms with van der Waals surface area (Å²) in [7, 11) is -3.43. The van der Waals surface area contributed by atoms with Crippen LogP contribution in [0.25, 0.3) is 0 Å². The summed E-state index contributed by atoms with van der Waals surface area (Å²) in [6, 6.07) is 8.60. The second-order valence-electron chi connectivity index (χ2n) is 5.80. The summed E-state index contributed by atoms with van der Waals surface area (Å²) < 4.78 is 27.2. The van der Waals surface area contributed by atoms with Crippen molar-refractivity contribution >= 4 is 10.0 Å². The van der Waals surface area contributed by atoms with Crippen LogP contribution in [-0.4, -0.2) is 36.5 Å². The van der Waals surface area contributed by atoms with Gasteiger partial charge in [-0.25, -0.2) is 8.42 Å². The zero-order valence-corrected chi connectivity index (χ0v) is 12.3. The first-order valence-electron chi connectivity index (χ1n) is 7.35. The number of rotatable bonds is 2. The van der Waals surface area contributed by atoms with Gasteiger partial charge < -0.3 is 5.11 Å². The molecular weight excluding hydrogens is 274 g/mol. The Balaban J connectivity index is 1.93. The molecule has 1 heterocycles. The van der Waals surface area contributed by atoms with E-state index in [1.807, 2.05) is 6.07 Å². The van der Waals surface area contributed by atoms with Crippen LogP contribution in [0.4, 0.5) is 0 Å². The topological polar surface area (TPSA) is 57.6 Å². The fourth-order valence-electron chi connectivity index (χ4n) is 3.61. The minimum absolute atomic E-state index is 0.0299. The van der Waals surface area contributed by atoms with Gasteiger partial charge in [0.25, 0.3) is 0 Å². The summed E-state index contributed by atoms with van der Waals surface area (Å²) in [5.41, 5.74) is 0. The minimum Gasteiger partial charge on any atom is -0.393 e. The van der Waals surface area contributed by atoms with Gasteiger partial charge in [-0.2, -0.15) is 4.31 Å². The molecule has 1 saturated heterocycles. The van der Waals surface area contributed by atoms with Gasteiger partial charge in [0.2, 0.25) is 10.0 Å². The third-order valence-corrected chi connectivity index (χ3v) is 6.58. The van der Waals surface area contributed by atoms with E-state index in [0.717, 1.165) is 25.7 Å². The van der Waals surface area contributed by atoms with Crippen molar-refractivity contribution in [2.45, 2.75) is 49.1 Å². The number of hydrogen-bond acceptors (Lipinski definition) is 3. The van der Waals surface area contributed by atoms with E-state index in [1.54, 1.807) is 28.6 Å². The predicted octanol–water partition coefficient (Wildman–Crippen LogP) is 2.00. The molecule has 0 amide bonds. The van der Waals surface area contributed by atoms with E-state index in [-0.39, 0.29) is 18.1 Å². The van der Waals surface area contributed by atoms with Crippen LogP contribution >= 0.6 is 0 Å². The van der Waals surface area contributed by atoms with Crippen molar-refractivity contribution in [3.05, 3.63) is 30.3 Å². The maximum absolute atomic E-state index is 12.8. The molecule has 0 aromatic heterocycles. The average Bonchev–Trinajstić information content (AvgIpc) is 2.48. The summed E-state index contributed by atoms with van der Waals surface area (Å²) in [5.74, 6) is 0.107. The number of fused-ring (bicyclic) bond motifs is 1.